The van der Waals surface area contributed by atoms with E-state index in [2.05, 4.69) is 24.4 Å². The lowest BCUT2D eigenvalue weighted by atomic mass is 9.93. The molecule has 0 amide bonds. The molecule has 0 aliphatic carbocycles. The van der Waals surface area contributed by atoms with Crippen LogP contribution < -0.4 is 5.32 Å². The van der Waals surface area contributed by atoms with Gasteiger partial charge >= 0.3 is 5.97 Å². The van der Waals surface area contributed by atoms with Crippen LogP contribution in [-0.2, 0) is 16.0 Å². The fourth-order valence-corrected chi connectivity index (χ4v) is 1.99. The van der Waals surface area contributed by atoms with Gasteiger partial charge < -0.3 is 10.1 Å². The standard InChI is InChI=1S/C16H25NO2/c1-4-13-17-16(3,15(18)19-5-2)12-11-14-9-7-6-8-10-14/h6-10,17H,4-5,11-13H2,1-3H3. The number of hydrogen-bond acceptors (Lipinski definition) is 3. The lowest BCUT2D eigenvalue weighted by Crippen LogP contribution is -2.51. The zero-order chi connectivity index (χ0) is 14.1. The first-order valence-electron chi connectivity index (χ1n) is 7.08. The minimum atomic E-state index is -0.595. The van der Waals surface area contributed by atoms with Gasteiger partial charge in [0.1, 0.15) is 5.54 Å². The molecule has 1 aromatic rings. The van der Waals surface area contributed by atoms with Crippen molar-refractivity contribution in [3.63, 3.8) is 0 Å². The third kappa shape index (κ3) is 5.03. The normalized spacial score (nSPS) is 13.8. The summed E-state index contributed by atoms with van der Waals surface area (Å²) in [5, 5.41) is 3.33. The highest BCUT2D eigenvalue weighted by Crippen LogP contribution is 2.16. The predicted molar refractivity (Wildman–Crippen MR) is 78.1 cm³/mol. The van der Waals surface area contributed by atoms with Gasteiger partial charge in [0.2, 0.25) is 0 Å². The number of carbonyl (C=O) groups excluding carboxylic acids is 1. The Morgan fingerprint density at radius 1 is 1.26 bits per heavy atom. The van der Waals surface area contributed by atoms with Gasteiger partial charge in [-0.3, -0.25) is 4.79 Å². The Hall–Kier alpha value is -1.35. The van der Waals surface area contributed by atoms with Crippen LogP contribution in [0.1, 0.15) is 39.2 Å². The van der Waals surface area contributed by atoms with E-state index in [9.17, 15) is 4.79 Å². The lowest BCUT2D eigenvalue weighted by Gasteiger charge is -2.28. The molecule has 3 nitrogen and oxygen atoms in total. The maximum Gasteiger partial charge on any atom is 0.326 e. The first kappa shape index (κ1) is 15.7. The number of esters is 1. The molecule has 1 rings (SSSR count). The Morgan fingerprint density at radius 3 is 2.53 bits per heavy atom. The second kappa shape index (κ2) is 7.95. The Bertz CT molecular complexity index is 378. The van der Waals surface area contributed by atoms with E-state index in [-0.39, 0.29) is 5.97 Å². The summed E-state index contributed by atoms with van der Waals surface area (Å²) >= 11 is 0. The molecule has 0 spiro atoms. The Labute approximate surface area is 116 Å². The highest BCUT2D eigenvalue weighted by atomic mass is 16.5. The molecule has 0 aliphatic heterocycles. The van der Waals surface area contributed by atoms with Gasteiger partial charge in [-0.15, -0.1) is 0 Å². The van der Waals surface area contributed by atoms with E-state index in [0.717, 1.165) is 25.8 Å². The average molecular weight is 263 g/mol. The van der Waals surface area contributed by atoms with Gasteiger partial charge in [-0.1, -0.05) is 37.3 Å². The predicted octanol–water partition coefficient (Wildman–Crippen LogP) is 2.94. The maximum atomic E-state index is 12.1. The third-order valence-electron chi connectivity index (χ3n) is 3.25. The number of benzene rings is 1. The van der Waals surface area contributed by atoms with Crippen LogP contribution in [0.15, 0.2) is 30.3 Å². The Balaban J connectivity index is 2.65. The van der Waals surface area contributed by atoms with E-state index in [1.165, 1.54) is 5.56 Å². The van der Waals surface area contributed by atoms with Crippen molar-refractivity contribution in [2.45, 2.75) is 45.6 Å². The van der Waals surface area contributed by atoms with Gasteiger partial charge in [-0.05, 0) is 45.2 Å². The summed E-state index contributed by atoms with van der Waals surface area (Å²) in [7, 11) is 0. The molecule has 1 unspecified atom stereocenters. The molecule has 1 atom stereocenters. The van der Waals surface area contributed by atoms with Gasteiger partial charge in [0.25, 0.3) is 0 Å². The number of aryl methyl sites for hydroxylation is 1. The van der Waals surface area contributed by atoms with Gasteiger partial charge in [-0.2, -0.15) is 0 Å². The highest BCUT2D eigenvalue weighted by molar-refractivity contribution is 5.80. The van der Waals surface area contributed by atoms with E-state index in [1.54, 1.807) is 0 Å². The van der Waals surface area contributed by atoms with Crippen molar-refractivity contribution in [3.05, 3.63) is 35.9 Å². The Kier molecular flexibility index (Phi) is 6.57. The SMILES string of the molecule is CCCNC(C)(CCc1ccccc1)C(=O)OCC. The second-order valence-corrected chi connectivity index (χ2v) is 4.96. The molecule has 1 N–H and O–H groups in total. The van der Waals surface area contributed by atoms with Crippen LogP contribution >= 0.6 is 0 Å². The molecule has 0 radical (unpaired) electrons. The first-order valence-corrected chi connectivity index (χ1v) is 7.08. The highest BCUT2D eigenvalue weighted by Gasteiger charge is 2.33. The second-order valence-electron chi connectivity index (χ2n) is 4.96. The molecule has 0 saturated carbocycles. The van der Waals surface area contributed by atoms with Crippen LogP contribution in [0.4, 0.5) is 0 Å². The van der Waals surface area contributed by atoms with Crippen molar-refractivity contribution >= 4 is 5.97 Å². The first-order chi connectivity index (χ1) is 9.12. The molecule has 0 bridgehead atoms. The zero-order valence-corrected chi connectivity index (χ0v) is 12.2. The summed E-state index contributed by atoms with van der Waals surface area (Å²) in [4.78, 5) is 12.1. The van der Waals surface area contributed by atoms with Crippen molar-refractivity contribution in [2.75, 3.05) is 13.2 Å². The summed E-state index contributed by atoms with van der Waals surface area (Å²) in [5.41, 5.74) is 0.651. The summed E-state index contributed by atoms with van der Waals surface area (Å²) < 4.78 is 5.19. The van der Waals surface area contributed by atoms with Crippen molar-refractivity contribution in [2.24, 2.45) is 0 Å². The van der Waals surface area contributed by atoms with E-state index in [0.29, 0.717) is 6.61 Å². The summed E-state index contributed by atoms with van der Waals surface area (Å²) in [6.45, 7) is 7.12. The molecule has 1 aromatic carbocycles. The maximum absolute atomic E-state index is 12.1. The summed E-state index contributed by atoms with van der Waals surface area (Å²) in [6, 6.07) is 10.2. The molecule has 3 heteroatoms. The topological polar surface area (TPSA) is 38.3 Å². The van der Waals surface area contributed by atoms with Gasteiger partial charge in [-0.25, -0.2) is 0 Å². The number of nitrogens with one attached hydrogen (secondary N) is 1. The molecule has 19 heavy (non-hydrogen) atoms. The molecule has 106 valence electrons. The van der Waals surface area contributed by atoms with E-state index in [4.69, 9.17) is 4.74 Å². The van der Waals surface area contributed by atoms with E-state index < -0.39 is 5.54 Å². The van der Waals surface area contributed by atoms with Crippen LogP contribution in [0.5, 0.6) is 0 Å². The molecule has 0 fully saturated rings. The summed E-state index contributed by atoms with van der Waals surface area (Å²) in [5.74, 6) is -0.153. The fraction of sp³-hybridized carbons (Fsp3) is 0.562. The molecule has 0 heterocycles. The van der Waals surface area contributed by atoms with Crippen molar-refractivity contribution in [1.29, 1.82) is 0 Å². The van der Waals surface area contributed by atoms with Gasteiger partial charge in [0, 0.05) is 0 Å². The average Bonchev–Trinajstić information content (AvgIpc) is 2.44. The number of ether oxygens (including phenoxy) is 1. The third-order valence-corrected chi connectivity index (χ3v) is 3.25. The van der Waals surface area contributed by atoms with Crippen LogP contribution in [0.2, 0.25) is 0 Å². The molecular weight excluding hydrogens is 238 g/mol. The number of carbonyl (C=O) groups is 1. The van der Waals surface area contributed by atoms with E-state index in [1.807, 2.05) is 32.0 Å². The minimum absolute atomic E-state index is 0.153. The number of rotatable bonds is 8. The van der Waals surface area contributed by atoms with E-state index >= 15 is 0 Å². The fourth-order valence-electron chi connectivity index (χ4n) is 1.99. The summed E-state index contributed by atoms with van der Waals surface area (Å²) in [6.07, 6.45) is 2.61. The quantitative estimate of drug-likeness (QED) is 0.733. The van der Waals surface area contributed by atoms with Gasteiger partial charge in [0.15, 0.2) is 0 Å². The molecule has 0 aromatic heterocycles. The molecular formula is C16H25NO2. The smallest absolute Gasteiger partial charge is 0.326 e. The largest absolute Gasteiger partial charge is 0.465 e. The van der Waals surface area contributed by atoms with Crippen LogP contribution in [-0.4, -0.2) is 24.7 Å². The minimum Gasteiger partial charge on any atom is -0.465 e. The monoisotopic (exact) mass is 263 g/mol. The zero-order valence-electron chi connectivity index (χ0n) is 12.2. The molecule has 0 aliphatic rings. The lowest BCUT2D eigenvalue weighted by molar-refractivity contribution is -0.150. The Morgan fingerprint density at radius 2 is 1.95 bits per heavy atom. The van der Waals surface area contributed by atoms with Crippen LogP contribution in [0.25, 0.3) is 0 Å². The van der Waals surface area contributed by atoms with Crippen LogP contribution in [0, 0.1) is 0 Å². The van der Waals surface area contributed by atoms with Crippen molar-refractivity contribution in [1.82, 2.24) is 5.32 Å². The van der Waals surface area contributed by atoms with Crippen LogP contribution in [0.3, 0.4) is 0 Å². The van der Waals surface area contributed by atoms with Crippen molar-refractivity contribution < 1.29 is 9.53 Å². The van der Waals surface area contributed by atoms with Crippen molar-refractivity contribution in [3.8, 4) is 0 Å². The number of hydrogen-bond donors (Lipinski definition) is 1. The molecule has 0 saturated heterocycles. The van der Waals surface area contributed by atoms with Gasteiger partial charge in [0.05, 0.1) is 6.61 Å².